The molecule has 3 rings (SSSR count). The molecule has 0 unspecified atom stereocenters. The van der Waals surface area contributed by atoms with Crippen molar-refractivity contribution in [3.63, 3.8) is 0 Å². The van der Waals surface area contributed by atoms with Gasteiger partial charge in [0, 0.05) is 20.1 Å². The summed E-state index contributed by atoms with van der Waals surface area (Å²) in [6.07, 6.45) is 9.93. The van der Waals surface area contributed by atoms with Gasteiger partial charge in [0.05, 0.1) is 6.54 Å². The zero-order chi connectivity index (χ0) is 18.2. The van der Waals surface area contributed by atoms with Crippen molar-refractivity contribution in [3.8, 4) is 0 Å². The van der Waals surface area contributed by atoms with E-state index in [0.717, 1.165) is 25.6 Å². The number of aliphatic imine (C=N–C) groups is 1. The fourth-order valence-corrected chi connectivity index (χ4v) is 3.80. The monoisotopic (exact) mass is 482 g/mol. The van der Waals surface area contributed by atoms with E-state index in [2.05, 4.69) is 56.9 Å². The Labute approximate surface area is 179 Å². The Morgan fingerprint density at radius 3 is 2.67 bits per heavy atom. The lowest BCUT2D eigenvalue weighted by Gasteiger charge is -2.28. The van der Waals surface area contributed by atoms with Gasteiger partial charge >= 0.3 is 0 Å². The third-order valence-electron chi connectivity index (χ3n) is 5.53. The van der Waals surface area contributed by atoms with E-state index in [1.54, 1.807) is 12.7 Å². The van der Waals surface area contributed by atoms with E-state index >= 15 is 0 Å². The fourth-order valence-electron chi connectivity index (χ4n) is 3.80. The fraction of sp³-hybridized carbons (Fsp3) is 0.550. The Morgan fingerprint density at radius 1 is 1.22 bits per heavy atom. The second kappa shape index (κ2) is 10.6. The molecule has 148 valence electrons. The van der Waals surface area contributed by atoms with Crippen molar-refractivity contribution in [1.82, 2.24) is 25.4 Å². The van der Waals surface area contributed by atoms with Crippen LogP contribution in [0.1, 0.15) is 50.2 Å². The Morgan fingerprint density at radius 2 is 2.00 bits per heavy atom. The normalized spacial score (nSPS) is 16.0. The summed E-state index contributed by atoms with van der Waals surface area (Å²) in [6.45, 7) is 4.81. The minimum atomic E-state index is 0. The first-order chi connectivity index (χ1) is 12.7. The molecule has 1 aliphatic carbocycles. The largest absolute Gasteiger partial charge is 0.356 e. The number of aromatic nitrogens is 3. The molecule has 27 heavy (non-hydrogen) atoms. The van der Waals surface area contributed by atoms with Crippen LogP contribution in [0.2, 0.25) is 0 Å². The van der Waals surface area contributed by atoms with E-state index < -0.39 is 0 Å². The van der Waals surface area contributed by atoms with Crippen LogP contribution in [-0.2, 0) is 13.1 Å². The van der Waals surface area contributed by atoms with Gasteiger partial charge in [0.15, 0.2) is 5.96 Å². The van der Waals surface area contributed by atoms with Crippen molar-refractivity contribution in [1.29, 1.82) is 0 Å². The van der Waals surface area contributed by atoms with Crippen LogP contribution in [0.3, 0.4) is 0 Å². The second-order valence-electron chi connectivity index (χ2n) is 7.25. The van der Waals surface area contributed by atoms with Crippen LogP contribution in [0.4, 0.5) is 0 Å². The highest BCUT2D eigenvalue weighted by atomic mass is 127. The molecule has 0 amide bonds. The minimum Gasteiger partial charge on any atom is -0.356 e. The maximum atomic E-state index is 4.38. The second-order valence-corrected chi connectivity index (χ2v) is 7.25. The number of hydrogen-bond donors (Lipinski definition) is 2. The lowest BCUT2D eigenvalue weighted by Crippen LogP contribution is -2.42. The summed E-state index contributed by atoms with van der Waals surface area (Å²) in [5, 5.41) is 11.1. The van der Waals surface area contributed by atoms with Gasteiger partial charge in [-0.3, -0.25) is 4.99 Å². The molecule has 2 N–H and O–H groups in total. The van der Waals surface area contributed by atoms with Gasteiger partial charge in [-0.05, 0) is 35.8 Å². The molecule has 1 saturated carbocycles. The van der Waals surface area contributed by atoms with Gasteiger partial charge in [-0.2, -0.15) is 5.10 Å². The first-order valence-corrected chi connectivity index (χ1v) is 9.58. The third-order valence-corrected chi connectivity index (χ3v) is 5.53. The van der Waals surface area contributed by atoms with Crippen molar-refractivity contribution < 1.29 is 0 Å². The van der Waals surface area contributed by atoms with Crippen molar-refractivity contribution in [2.45, 2.75) is 52.1 Å². The first kappa shape index (κ1) is 21.7. The molecule has 0 radical (unpaired) electrons. The van der Waals surface area contributed by atoms with E-state index in [9.17, 15) is 0 Å². The zero-order valence-electron chi connectivity index (χ0n) is 16.3. The van der Waals surface area contributed by atoms with Crippen LogP contribution in [0.5, 0.6) is 0 Å². The van der Waals surface area contributed by atoms with Gasteiger partial charge in [-0.25, -0.2) is 9.67 Å². The molecule has 0 saturated heterocycles. The molecule has 1 aliphatic rings. The van der Waals surface area contributed by atoms with Gasteiger partial charge in [0.1, 0.15) is 12.7 Å². The summed E-state index contributed by atoms with van der Waals surface area (Å²) in [4.78, 5) is 8.38. The molecule has 1 aromatic heterocycles. The first-order valence-electron chi connectivity index (χ1n) is 9.58. The topological polar surface area (TPSA) is 67.1 Å². The third kappa shape index (κ3) is 6.19. The van der Waals surface area contributed by atoms with Crippen molar-refractivity contribution in [2.24, 2.45) is 10.4 Å². The molecule has 0 spiro atoms. The van der Waals surface area contributed by atoms with E-state index in [-0.39, 0.29) is 24.0 Å². The molecule has 0 atom stereocenters. The summed E-state index contributed by atoms with van der Waals surface area (Å²) in [7, 11) is 1.84. The Balaban J connectivity index is 0.00000261. The quantitative estimate of drug-likeness (QED) is 0.360. The van der Waals surface area contributed by atoms with Crippen LogP contribution in [0.15, 0.2) is 41.9 Å². The zero-order valence-corrected chi connectivity index (χ0v) is 18.6. The number of guanidine groups is 1. The predicted molar refractivity (Wildman–Crippen MR) is 120 cm³/mol. The SMILES string of the molecule is CCC1(CNC(=NC)NCc2cccc(Cn3cncn3)c2)CCCC1.I. The molecule has 1 fully saturated rings. The summed E-state index contributed by atoms with van der Waals surface area (Å²) in [6, 6.07) is 8.54. The minimum absolute atomic E-state index is 0. The van der Waals surface area contributed by atoms with Crippen molar-refractivity contribution in [3.05, 3.63) is 48.0 Å². The average molecular weight is 482 g/mol. The van der Waals surface area contributed by atoms with Gasteiger partial charge in [0.25, 0.3) is 0 Å². The highest BCUT2D eigenvalue weighted by molar-refractivity contribution is 14.0. The molecule has 6 nitrogen and oxygen atoms in total. The van der Waals surface area contributed by atoms with Gasteiger partial charge in [-0.15, -0.1) is 24.0 Å². The van der Waals surface area contributed by atoms with Gasteiger partial charge in [0.2, 0.25) is 0 Å². The van der Waals surface area contributed by atoms with E-state index in [1.165, 1.54) is 43.2 Å². The summed E-state index contributed by atoms with van der Waals surface area (Å²) in [5.74, 6) is 0.881. The maximum absolute atomic E-state index is 4.38. The van der Waals surface area contributed by atoms with Crippen LogP contribution in [0.25, 0.3) is 0 Å². The van der Waals surface area contributed by atoms with Crippen LogP contribution in [0, 0.1) is 5.41 Å². The highest BCUT2D eigenvalue weighted by Gasteiger charge is 2.31. The van der Waals surface area contributed by atoms with Crippen LogP contribution in [-0.4, -0.2) is 34.3 Å². The van der Waals surface area contributed by atoms with E-state index in [1.807, 2.05) is 11.7 Å². The van der Waals surface area contributed by atoms with E-state index in [0.29, 0.717) is 5.41 Å². The Kier molecular flexibility index (Phi) is 8.53. The van der Waals surface area contributed by atoms with Gasteiger partial charge in [-0.1, -0.05) is 44.0 Å². The molecular formula is C20H31IN6. The Hall–Kier alpha value is -1.64. The summed E-state index contributed by atoms with van der Waals surface area (Å²) < 4.78 is 1.83. The molecule has 0 aliphatic heterocycles. The number of rotatable bonds is 7. The molecule has 7 heteroatoms. The molecule has 0 bridgehead atoms. The smallest absolute Gasteiger partial charge is 0.191 e. The number of benzene rings is 1. The lowest BCUT2D eigenvalue weighted by atomic mass is 9.83. The highest BCUT2D eigenvalue weighted by Crippen LogP contribution is 2.40. The standard InChI is InChI=1S/C20H30N6.HI/c1-3-20(9-4-5-10-20)14-24-19(21-2)23-12-17-7-6-8-18(11-17)13-26-16-22-15-25-26;/h6-8,11,15-16H,3-5,9-10,12-14H2,1-2H3,(H2,21,23,24);1H. The predicted octanol–water partition coefficient (Wildman–Crippen LogP) is 3.58. The van der Waals surface area contributed by atoms with Crippen molar-refractivity contribution >= 4 is 29.9 Å². The number of hydrogen-bond acceptors (Lipinski definition) is 3. The van der Waals surface area contributed by atoms with Gasteiger partial charge < -0.3 is 10.6 Å². The summed E-state index contributed by atoms with van der Waals surface area (Å²) in [5.41, 5.74) is 2.90. The average Bonchev–Trinajstić information content (AvgIpc) is 3.35. The summed E-state index contributed by atoms with van der Waals surface area (Å²) >= 11 is 0. The molecular weight excluding hydrogens is 451 g/mol. The van der Waals surface area contributed by atoms with Crippen LogP contribution < -0.4 is 10.6 Å². The molecule has 1 heterocycles. The Bertz CT molecular complexity index is 707. The molecule has 1 aromatic carbocycles. The van der Waals surface area contributed by atoms with Crippen molar-refractivity contribution in [2.75, 3.05) is 13.6 Å². The number of nitrogens with zero attached hydrogens (tertiary/aromatic N) is 4. The van der Waals surface area contributed by atoms with E-state index in [4.69, 9.17) is 0 Å². The number of halogens is 1. The molecule has 2 aromatic rings. The van der Waals surface area contributed by atoms with Crippen LogP contribution >= 0.6 is 24.0 Å². The number of nitrogens with one attached hydrogen (secondary N) is 2. The maximum Gasteiger partial charge on any atom is 0.191 e. The lowest BCUT2D eigenvalue weighted by molar-refractivity contribution is 0.283.